The third-order valence-corrected chi connectivity index (χ3v) is 10.9. The van der Waals surface area contributed by atoms with Crippen LogP contribution in [-0.2, 0) is 20.7 Å². The van der Waals surface area contributed by atoms with Crippen LogP contribution in [0.3, 0.4) is 0 Å². The van der Waals surface area contributed by atoms with E-state index in [4.69, 9.17) is 9.47 Å². The Hall–Kier alpha value is -1.59. The monoisotopic (exact) mass is 750 g/mol. The molecule has 1 amide bonds. The Morgan fingerprint density at radius 2 is 1.15 bits per heavy atom. The van der Waals surface area contributed by atoms with E-state index < -0.39 is 49.5 Å². The first-order chi connectivity index (χ1) is 25.9. The van der Waals surface area contributed by atoms with Crippen molar-refractivity contribution in [1.29, 1.82) is 0 Å². The average Bonchev–Trinajstić information content (AvgIpc) is 3.16. The van der Waals surface area contributed by atoms with Crippen molar-refractivity contribution < 1.29 is 39.8 Å². The highest BCUT2D eigenvalue weighted by Crippen LogP contribution is 2.23. The van der Waals surface area contributed by atoms with Gasteiger partial charge in [-0.05, 0) is 31.2 Å². The van der Waals surface area contributed by atoms with Gasteiger partial charge in [0.2, 0.25) is 5.91 Å². The van der Waals surface area contributed by atoms with Crippen LogP contribution in [0.25, 0.3) is 0 Å². The molecule has 308 valence electrons. The number of carbonyl (C=O) groups excluding carboxylic acids is 1. The lowest BCUT2D eigenvalue weighted by Gasteiger charge is -2.40. The number of carbonyl (C=O) groups is 1. The summed E-state index contributed by atoms with van der Waals surface area (Å²) < 4.78 is 11.2. The number of benzene rings is 1. The molecule has 2 rings (SSSR count). The van der Waals surface area contributed by atoms with Crippen LogP contribution in [0.4, 0.5) is 0 Å². The second kappa shape index (κ2) is 31.6. The molecule has 1 aliphatic heterocycles. The van der Waals surface area contributed by atoms with E-state index in [9.17, 15) is 30.3 Å². The Bertz CT molecular complexity index is 981. The lowest BCUT2D eigenvalue weighted by Crippen LogP contribution is -2.60. The maximum atomic E-state index is 12.9. The van der Waals surface area contributed by atoms with Gasteiger partial charge in [0.15, 0.2) is 6.29 Å². The van der Waals surface area contributed by atoms with E-state index in [1.165, 1.54) is 128 Å². The Morgan fingerprint density at radius 3 is 1.62 bits per heavy atom. The molecule has 1 heterocycles. The Labute approximate surface area is 322 Å². The van der Waals surface area contributed by atoms with Crippen molar-refractivity contribution in [2.45, 2.75) is 223 Å². The van der Waals surface area contributed by atoms with E-state index in [2.05, 4.69) is 12.2 Å². The van der Waals surface area contributed by atoms with E-state index in [-0.39, 0.29) is 12.5 Å². The van der Waals surface area contributed by atoms with Gasteiger partial charge in [-0.1, -0.05) is 179 Å². The zero-order valence-electron chi connectivity index (χ0n) is 33.4. The number of hydrogen-bond donors (Lipinski definition) is 6. The van der Waals surface area contributed by atoms with Crippen LogP contribution in [0.1, 0.15) is 179 Å². The predicted molar refractivity (Wildman–Crippen MR) is 214 cm³/mol. The van der Waals surface area contributed by atoms with E-state index >= 15 is 0 Å². The van der Waals surface area contributed by atoms with Crippen molar-refractivity contribution in [3.8, 4) is 0 Å². The van der Waals surface area contributed by atoms with Crippen LogP contribution >= 0.6 is 0 Å². The van der Waals surface area contributed by atoms with Gasteiger partial charge in [-0.3, -0.25) is 4.79 Å². The Morgan fingerprint density at radius 1 is 0.679 bits per heavy atom. The molecular formula is C44H79NO8. The summed E-state index contributed by atoms with van der Waals surface area (Å²) >= 11 is 0. The van der Waals surface area contributed by atoms with Gasteiger partial charge in [0.25, 0.3) is 0 Å². The predicted octanol–water partition coefficient (Wildman–Crippen LogP) is 8.05. The maximum Gasteiger partial charge on any atom is 0.220 e. The summed E-state index contributed by atoms with van der Waals surface area (Å²) in [6.45, 7) is 1.55. The van der Waals surface area contributed by atoms with Gasteiger partial charge in [-0.15, -0.1) is 0 Å². The summed E-state index contributed by atoms with van der Waals surface area (Å²) in [5.74, 6) is -0.169. The van der Waals surface area contributed by atoms with Gasteiger partial charge >= 0.3 is 0 Å². The molecule has 9 nitrogen and oxygen atoms in total. The lowest BCUT2D eigenvalue weighted by molar-refractivity contribution is -0.302. The fourth-order valence-electron chi connectivity index (χ4n) is 7.36. The molecule has 1 aromatic carbocycles. The molecule has 0 spiro atoms. The van der Waals surface area contributed by atoms with Crippen LogP contribution in [0.15, 0.2) is 30.3 Å². The molecule has 1 saturated heterocycles. The Balaban J connectivity index is 1.53. The second-order valence-electron chi connectivity index (χ2n) is 15.7. The normalized spacial score (nSPS) is 21.4. The number of aliphatic hydroxyl groups is 5. The molecule has 1 aromatic rings. The first-order valence-corrected chi connectivity index (χ1v) is 21.8. The first-order valence-electron chi connectivity index (χ1n) is 21.8. The summed E-state index contributed by atoms with van der Waals surface area (Å²) in [6, 6.07) is 9.24. The summed E-state index contributed by atoms with van der Waals surface area (Å²) in [6.07, 6.45) is 24.7. The van der Waals surface area contributed by atoms with Gasteiger partial charge in [-0.25, -0.2) is 0 Å². The average molecular weight is 750 g/mol. The van der Waals surface area contributed by atoms with Crippen LogP contribution in [0.5, 0.6) is 0 Å². The highest BCUT2D eigenvalue weighted by molar-refractivity contribution is 5.76. The highest BCUT2D eigenvalue weighted by Gasteiger charge is 2.44. The van der Waals surface area contributed by atoms with Crippen molar-refractivity contribution >= 4 is 5.91 Å². The second-order valence-corrected chi connectivity index (χ2v) is 15.7. The van der Waals surface area contributed by atoms with E-state index in [1.807, 2.05) is 30.3 Å². The third-order valence-electron chi connectivity index (χ3n) is 10.9. The molecule has 53 heavy (non-hydrogen) atoms. The minimum Gasteiger partial charge on any atom is -0.394 e. The smallest absolute Gasteiger partial charge is 0.220 e. The van der Waals surface area contributed by atoms with Crippen LogP contribution in [0, 0.1) is 0 Å². The molecule has 0 aliphatic carbocycles. The van der Waals surface area contributed by atoms with Crippen LogP contribution < -0.4 is 5.32 Å². The van der Waals surface area contributed by atoms with Gasteiger partial charge < -0.3 is 40.3 Å². The molecule has 0 aromatic heterocycles. The number of aryl methyl sites for hydroxylation is 1. The maximum absolute atomic E-state index is 12.9. The SMILES string of the molecule is CCCCCCCCCCCCCCCCCCCCCCCCCC(=O)N[C@@H](CO[C@H]1OC(CO)[C@H](O)C(O)C1O)[C@H](O)CCCc1ccccc1. The highest BCUT2D eigenvalue weighted by atomic mass is 16.7. The molecule has 0 bridgehead atoms. The summed E-state index contributed by atoms with van der Waals surface area (Å²) in [5, 5.41) is 54.0. The number of aliphatic hydroxyl groups excluding tert-OH is 5. The van der Waals surface area contributed by atoms with Crippen molar-refractivity contribution in [2.24, 2.45) is 0 Å². The standard InChI is InChI=1S/C44H79NO8/c1-2-3-4-5-6-7-8-9-10-11-12-13-14-15-16-17-18-19-20-21-22-23-27-33-40(48)45-37(38(47)32-28-31-36-29-25-24-26-30-36)35-52-44-43(51)42(50)41(49)39(34-46)53-44/h24-26,29-30,37-39,41-44,46-47,49-51H,2-23,27-28,31-35H2,1H3,(H,45,48)/t37-,38+,39?,41-,42?,43?,44-/m0/s1. The number of nitrogens with one attached hydrogen (secondary N) is 1. The van der Waals surface area contributed by atoms with Crippen molar-refractivity contribution in [1.82, 2.24) is 5.32 Å². The Kier molecular flexibility index (Phi) is 28.4. The zero-order valence-corrected chi connectivity index (χ0v) is 33.4. The zero-order chi connectivity index (χ0) is 38.4. The van der Waals surface area contributed by atoms with E-state index in [1.54, 1.807) is 0 Å². The quantitative estimate of drug-likeness (QED) is 0.0388. The summed E-state index contributed by atoms with van der Waals surface area (Å²) in [4.78, 5) is 12.9. The van der Waals surface area contributed by atoms with E-state index in [0.29, 0.717) is 19.3 Å². The summed E-state index contributed by atoms with van der Waals surface area (Å²) in [5.41, 5.74) is 1.16. The fraction of sp³-hybridized carbons (Fsp3) is 0.841. The molecule has 6 N–H and O–H groups in total. The lowest BCUT2D eigenvalue weighted by atomic mass is 9.99. The summed E-state index contributed by atoms with van der Waals surface area (Å²) in [7, 11) is 0. The van der Waals surface area contributed by atoms with E-state index in [0.717, 1.165) is 31.2 Å². The number of unbranched alkanes of at least 4 members (excludes halogenated alkanes) is 22. The molecular weight excluding hydrogens is 670 g/mol. The first kappa shape index (κ1) is 47.6. The van der Waals surface area contributed by atoms with Gasteiger partial charge in [0.05, 0.1) is 25.4 Å². The van der Waals surface area contributed by atoms with Crippen molar-refractivity contribution in [3.05, 3.63) is 35.9 Å². The van der Waals surface area contributed by atoms with Gasteiger partial charge in [-0.2, -0.15) is 0 Å². The topological polar surface area (TPSA) is 149 Å². The fourth-order valence-corrected chi connectivity index (χ4v) is 7.36. The molecule has 3 unspecified atom stereocenters. The molecule has 0 radical (unpaired) electrons. The number of hydrogen-bond acceptors (Lipinski definition) is 8. The molecule has 0 saturated carbocycles. The number of ether oxygens (including phenoxy) is 2. The minimum absolute atomic E-state index is 0.166. The van der Waals surface area contributed by atoms with Crippen LogP contribution in [0.2, 0.25) is 0 Å². The van der Waals surface area contributed by atoms with Gasteiger partial charge in [0.1, 0.15) is 24.4 Å². The van der Waals surface area contributed by atoms with Gasteiger partial charge in [0, 0.05) is 6.42 Å². The molecule has 9 heteroatoms. The molecule has 7 atom stereocenters. The third kappa shape index (κ3) is 22.5. The van der Waals surface area contributed by atoms with Crippen molar-refractivity contribution in [2.75, 3.05) is 13.2 Å². The number of amides is 1. The largest absolute Gasteiger partial charge is 0.394 e. The van der Waals surface area contributed by atoms with Crippen molar-refractivity contribution in [3.63, 3.8) is 0 Å². The minimum atomic E-state index is -1.56. The van der Waals surface area contributed by atoms with Crippen LogP contribution in [-0.4, -0.2) is 87.5 Å². The molecule has 1 aliphatic rings. The molecule has 1 fully saturated rings. The number of rotatable bonds is 34.